The number of anilines is 2. The first-order chi connectivity index (χ1) is 16.5. The van der Waals surface area contributed by atoms with Gasteiger partial charge in [-0.1, -0.05) is 6.07 Å². The molecule has 1 N–H and O–H groups in total. The van der Waals surface area contributed by atoms with Crippen molar-refractivity contribution in [3.8, 4) is 5.75 Å². The van der Waals surface area contributed by atoms with Gasteiger partial charge in [-0.25, -0.2) is 8.42 Å². The van der Waals surface area contributed by atoms with Crippen LogP contribution in [0.1, 0.15) is 17.5 Å². The first-order valence-corrected chi connectivity index (χ1v) is 11.9. The Kier molecular flexibility index (Phi) is 7.70. The van der Waals surface area contributed by atoms with E-state index in [0.717, 1.165) is 27.6 Å². The van der Waals surface area contributed by atoms with Crippen LogP contribution in [-0.2, 0) is 14.8 Å². The molecule has 0 saturated carbocycles. The lowest BCUT2D eigenvalue weighted by molar-refractivity contribution is -0.387. The van der Waals surface area contributed by atoms with Crippen molar-refractivity contribution in [2.24, 2.45) is 0 Å². The summed E-state index contributed by atoms with van der Waals surface area (Å²) < 4.78 is 46.9. The van der Waals surface area contributed by atoms with Crippen LogP contribution < -0.4 is 14.4 Å². The number of nitro groups is 1. The minimum Gasteiger partial charge on any atom is -0.497 e. The minimum absolute atomic E-state index is 0.0242. The summed E-state index contributed by atoms with van der Waals surface area (Å²) in [7, 11) is -2.54. The zero-order valence-electron chi connectivity index (χ0n) is 19.3. The van der Waals surface area contributed by atoms with Crippen LogP contribution in [0.25, 0.3) is 0 Å². The van der Waals surface area contributed by atoms with E-state index >= 15 is 0 Å². The molecule has 1 amide bonds. The van der Waals surface area contributed by atoms with Gasteiger partial charge in [0.05, 0.1) is 22.6 Å². The molecule has 0 fully saturated rings. The van der Waals surface area contributed by atoms with E-state index in [9.17, 15) is 27.7 Å². The Hall–Kier alpha value is -3.99. The Bertz CT molecular complexity index is 1360. The van der Waals surface area contributed by atoms with Crippen molar-refractivity contribution in [1.82, 2.24) is 0 Å². The fourth-order valence-corrected chi connectivity index (χ4v) is 4.85. The number of hydrogen-bond donors (Lipinski definition) is 1. The number of carbonyl (C=O) groups is 1. The fraction of sp³-hybridized carbons (Fsp3) is 0.208. The number of ether oxygens (including phenoxy) is 1. The lowest BCUT2D eigenvalue weighted by Crippen LogP contribution is -2.34. The van der Waals surface area contributed by atoms with Crippen molar-refractivity contribution in [2.75, 3.05) is 23.3 Å². The van der Waals surface area contributed by atoms with Gasteiger partial charge < -0.3 is 10.1 Å². The van der Waals surface area contributed by atoms with Crippen LogP contribution in [0.3, 0.4) is 0 Å². The highest BCUT2D eigenvalue weighted by Crippen LogP contribution is 2.27. The maximum absolute atomic E-state index is 13.6. The third-order valence-corrected chi connectivity index (χ3v) is 7.22. The summed E-state index contributed by atoms with van der Waals surface area (Å²) in [4.78, 5) is 22.7. The summed E-state index contributed by atoms with van der Waals surface area (Å²) in [6, 6.07) is 14.1. The number of halogens is 1. The van der Waals surface area contributed by atoms with Gasteiger partial charge in [0.2, 0.25) is 11.7 Å². The standard InChI is InChI=1S/C24H24FN3O6S/c1-16-4-10-21(14-17(16)2)35(32,33)27(19-6-8-20(34-3)9-7-19)13-12-24(29)26-18-5-11-22(25)23(15-18)28(30)31/h4-11,14-15H,12-13H2,1-3H3,(H,26,29). The second-order valence-electron chi connectivity index (χ2n) is 7.74. The molecular formula is C24H24FN3O6S. The lowest BCUT2D eigenvalue weighted by atomic mass is 10.1. The van der Waals surface area contributed by atoms with Gasteiger partial charge in [0.1, 0.15) is 5.75 Å². The van der Waals surface area contributed by atoms with Crippen molar-refractivity contribution in [3.05, 3.63) is 87.7 Å². The Morgan fingerprint density at radius 2 is 1.74 bits per heavy atom. The predicted octanol–water partition coefficient (Wildman–Crippen LogP) is 4.58. The van der Waals surface area contributed by atoms with E-state index in [0.29, 0.717) is 11.4 Å². The van der Waals surface area contributed by atoms with Gasteiger partial charge in [-0.2, -0.15) is 4.39 Å². The molecule has 3 rings (SSSR count). The van der Waals surface area contributed by atoms with Crippen LogP contribution in [0.2, 0.25) is 0 Å². The van der Waals surface area contributed by atoms with Crippen LogP contribution in [-0.4, -0.2) is 32.9 Å². The number of sulfonamides is 1. The highest BCUT2D eigenvalue weighted by atomic mass is 32.2. The number of aryl methyl sites for hydroxylation is 2. The van der Waals surface area contributed by atoms with Gasteiger partial charge in [0, 0.05) is 24.7 Å². The molecule has 0 atom stereocenters. The molecule has 0 aromatic heterocycles. The highest BCUT2D eigenvalue weighted by Gasteiger charge is 2.26. The third kappa shape index (κ3) is 5.93. The van der Waals surface area contributed by atoms with Gasteiger partial charge >= 0.3 is 5.69 Å². The monoisotopic (exact) mass is 501 g/mol. The van der Waals surface area contributed by atoms with Gasteiger partial charge in [-0.05, 0) is 73.5 Å². The van der Waals surface area contributed by atoms with E-state index < -0.39 is 32.4 Å². The normalized spacial score (nSPS) is 11.1. The smallest absolute Gasteiger partial charge is 0.306 e. The summed E-state index contributed by atoms with van der Waals surface area (Å²) in [5.74, 6) is -1.09. The maximum atomic E-state index is 13.6. The molecule has 0 heterocycles. The largest absolute Gasteiger partial charge is 0.497 e. The van der Waals surface area contributed by atoms with Crippen LogP contribution >= 0.6 is 0 Å². The molecule has 35 heavy (non-hydrogen) atoms. The zero-order chi connectivity index (χ0) is 25.8. The lowest BCUT2D eigenvalue weighted by Gasteiger charge is -2.25. The quantitative estimate of drug-likeness (QED) is 0.339. The molecule has 0 unspecified atom stereocenters. The van der Waals surface area contributed by atoms with Crippen LogP contribution in [0.15, 0.2) is 65.6 Å². The van der Waals surface area contributed by atoms with Gasteiger partial charge in [0.25, 0.3) is 10.0 Å². The van der Waals surface area contributed by atoms with Crippen molar-refractivity contribution in [1.29, 1.82) is 0 Å². The molecule has 3 aromatic carbocycles. The average Bonchev–Trinajstić information content (AvgIpc) is 2.82. The van der Waals surface area contributed by atoms with Crippen molar-refractivity contribution < 1.29 is 27.3 Å². The topological polar surface area (TPSA) is 119 Å². The number of amides is 1. The first-order valence-electron chi connectivity index (χ1n) is 10.5. The molecule has 0 aliphatic carbocycles. The van der Waals surface area contributed by atoms with Crippen LogP contribution in [0.4, 0.5) is 21.5 Å². The molecule has 3 aromatic rings. The van der Waals surface area contributed by atoms with E-state index in [1.807, 2.05) is 6.92 Å². The number of hydrogen-bond acceptors (Lipinski definition) is 6. The maximum Gasteiger partial charge on any atom is 0.306 e. The SMILES string of the molecule is COc1ccc(N(CCC(=O)Nc2ccc(F)c([N+](=O)[O-])c2)S(=O)(=O)c2ccc(C)c(C)c2)cc1. The number of carbonyl (C=O) groups excluding carboxylic acids is 1. The fourth-order valence-electron chi connectivity index (χ4n) is 3.30. The summed E-state index contributed by atoms with van der Waals surface area (Å²) in [6.07, 6.45) is -0.263. The van der Waals surface area contributed by atoms with E-state index in [1.54, 1.807) is 43.3 Å². The molecule has 0 saturated heterocycles. The Labute approximate surface area is 202 Å². The molecule has 0 radical (unpaired) electrons. The Balaban J connectivity index is 1.87. The molecule has 11 heteroatoms. The van der Waals surface area contributed by atoms with Gasteiger partial charge in [-0.3, -0.25) is 19.2 Å². The number of nitrogens with zero attached hydrogens (tertiary/aromatic N) is 2. The Morgan fingerprint density at radius 3 is 2.34 bits per heavy atom. The summed E-state index contributed by atoms with van der Waals surface area (Å²) in [5.41, 5.74) is 1.31. The number of nitro benzene ring substituents is 1. The number of methoxy groups -OCH3 is 1. The number of rotatable bonds is 9. The van der Waals surface area contributed by atoms with Gasteiger partial charge in [-0.15, -0.1) is 0 Å². The number of nitrogens with one attached hydrogen (secondary N) is 1. The Morgan fingerprint density at radius 1 is 1.06 bits per heavy atom. The van der Waals surface area contributed by atoms with E-state index in [4.69, 9.17) is 4.74 Å². The van der Waals surface area contributed by atoms with Crippen LogP contribution in [0.5, 0.6) is 5.75 Å². The molecule has 0 aliphatic rings. The summed E-state index contributed by atoms with van der Waals surface area (Å²) in [5, 5.41) is 13.4. The highest BCUT2D eigenvalue weighted by molar-refractivity contribution is 7.92. The van der Waals surface area contributed by atoms with Crippen molar-refractivity contribution >= 4 is 33.0 Å². The van der Waals surface area contributed by atoms with E-state index in [1.165, 1.54) is 19.2 Å². The van der Waals surface area contributed by atoms with Gasteiger partial charge in [0.15, 0.2) is 0 Å². The predicted molar refractivity (Wildman–Crippen MR) is 130 cm³/mol. The molecule has 0 spiro atoms. The second-order valence-corrected chi connectivity index (χ2v) is 9.61. The number of benzene rings is 3. The second kappa shape index (κ2) is 10.5. The van der Waals surface area contributed by atoms with E-state index in [2.05, 4.69) is 5.32 Å². The zero-order valence-corrected chi connectivity index (χ0v) is 20.1. The molecule has 9 nitrogen and oxygen atoms in total. The molecular weight excluding hydrogens is 477 g/mol. The third-order valence-electron chi connectivity index (χ3n) is 5.40. The summed E-state index contributed by atoms with van der Waals surface area (Å²) in [6.45, 7) is 3.47. The summed E-state index contributed by atoms with van der Waals surface area (Å²) >= 11 is 0. The first kappa shape index (κ1) is 25.6. The van der Waals surface area contributed by atoms with Crippen molar-refractivity contribution in [2.45, 2.75) is 25.2 Å². The average molecular weight is 502 g/mol. The minimum atomic E-state index is -4.03. The molecule has 184 valence electrons. The van der Waals surface area contributed by atoms with E-state index in [-0.39, 0.29) is 23.5 Å². The van der Waals surface area contributed by atoms with Crippen molar-refractivity contribution in [3.63, 3.8) is 0 Å². The molecule has 0 bridgehead atoms. The molecule has 0 aliphatic heterocycles. The van der Waals surface area contributed by atoms with Crippen LogP contribution in [0, 0.1) is 29.8 Å².